The van der Waals surface area contributed by atoms with E-state index in [0.29, 0.717) is 11.6 Å². The first-order chi connectivity index (χ1) is 8.52. The first kappa shape index (κ1) is 14.6. The molecule has 1 atom stereocenters. The van der Waals surface area contributed by atoms with Gasteiger partial charge in [-0.2, -0.15) is 0 Å². The van der Waals surface area contributed by atoms with E-state index in [0.717, 1.165) is 24.6 Å². The van der Waals surface area contributed by atoms with Gasteiger partial charge in [0.1, 0.15) is 5.75 Å². The molecule has 1 aromatic carbocycles. The Morgan fingerprint density at radius 1 is 1.28 bits per heavy atom. The quantitative estimate of drug-likeness (QED) is 0.733. The van der Waals surface area contributed by atoms with Gasteiger partial charge in [0.05, 0.1) is 18.4 Å². The number of anilines is 2. The van der Waals surface area contributed by atoms with E-state index in [9.17, 15) is 0 Å². The lowest BCUT2D eigenvalue weighted by molar-refractivity contribution is 0.164. The standard InChI is InChI=1S/C14H24N2O2/c1-10(2)18-14-7-12(5-6-13(14)15)16-8-11(3)9-17-4/h5-7,10-11,16H,8-9,15H2,1-4H3. The Morgan fingerprint density at radius 2 is 2.00 bits per heavy atom. The molecule has 0 amide bonds. The van der Waals surface area contributed by atoms with E-state index in [2.05, 4.69) is 12.2 Å². The maximum Gasteiger partial charge on any atom is 0.144 e. The highest BCUT2D eigenvalue weighted by atomic mass is 16.5. The Labute approximate surface area is 109 Å². The maximum atomic E-state index is 5.87. The summed E-state index contributed by atoms with van der Waals surface area (Å²) in [5.41, 5.74) is 7.55. The molecule has 4 nitrogen and oxygen atoms in total. The second-order valence-corrected chi connectivity index (χ2v) is 4.86. The number of rotatable bonds is 7. The predicted octanol–water partition coefficient (Wildman–Crippen LogP) is 2.75. The molecule has 4 heteroatoms. The average molecular weight is 252 g/mol. The van der Waals surface area contributed by atoms with Gasteiger partial charge in [-0.25, -0.2) is 0 Å². The number of nitrogens with two attached hydrogens (primary N) is 1. The zero-order chi connectivity index (χ0) is 13.5. The minimum atomic E-state index is 0.120. The first-order valence-corrected chi connectivity index (χ1v) is 6.32. The lowest BCUT2D eigenvalue weighted by Gasteiger charge is -2.16. The Kier molecular flexibility index (Phi) is 5.78. The van der Waals surface area contributed by atoms with Crippen LogP contribution in [0.4, 0.5) is 11.4 Å². The van der Waals surface area contributed by atoms with E-state index in [1.54, 1.807) is 7.11 Å². The van der Waals surface area contributed by atoms with E-state index in [-0.39, 0.29) is 6.10 Å². The second kappa shape index (κ2) is 7.11. The van der Waals surface area contributed by atoms with Crippen LogP contribution in [0.15, 0.2) is 18.2 Å². The molecule has 0 spiro atoms. The molecule has 0 aliphatic rings. The number of benzene rings is 1. The van der Waals surface area contributed by atoms with Crippen LogP contribution in [0.2, 0.25) is 0 Å². The minimum absolute atomic E-state index is 0.120. The number of hydrogen-bond acceptors (Lipinski definition) is 4. The number of nitrogens with one attached hydrogen (secondary N) is 1. The van der Waals surface area contributed by atoms with E-state index in [4.69, 9.17) is 15.2 Å². The van der Waals surface area contributed by atoms with Crippen molar-refractivity contribution in [2.75, 3.05) is 31.3 Å². The Bertz CT molecular complexity index is 367. The van der Waals surface area contributed by atoms with Crippen LogP contribution in [0.1, 0.15) is 20.8 Å². The Morgan fingerprint density at radius 3 is 2.61 bits per heavy atom. The minimum Gasteiger partial charge on any atom is -0.489 e. The van der Waals surface area contributed by atoms with Crippen molar-refractivity contribution >= 4 is 11.4 Å². The third-order valence-corrected chi connectivity index (χ3v) is 2.48. The number of methoxy groups -OCH3 is 1. The summed E-state index contributed by atoms with van der Waals surface area (Å²) in [6.45, 7) is 7.72. The van der Waals surface area contributed by atoms with Crippen molar-refractivity contribution in [2.24, 2.45) is 5.92 Å². The lowest BCUT2D eigenvalue weighted by Crippen LogP contribution is -2.16. The van der Waals surface area contributed by atoms with Crippen LogP contribution in [-0.4, -0.2) is 26.4 Å². The van der Waals surface area contributed by atoms with Gasteiger partial charge in [-0.15, -0.1) is 0 Å². The summed E-state index contributed by atoms with van der Waals surface area (Å²) in [5, 5.41) is 3.35. The van der Waals surface area contributed by atoms with E-state index >= 15 is 0 Å². The summed E-state index contributed by atoms with van der Waals surface area (Å²) in [6.07, 6.45) is 0.120. The summed E-state index contributed by atoms with van der Waals surface area (Å²) >= 11 is 0. The van der Waals surface area contributed by atoms with Crippen molar-refractivity contribution in [2.45, 2.75) is 26.9 Å². The summed E-state index contributed by atoms with van der Waals surface area (Å²) in [5.74, 6) is 1.19. The monoisotopic (exact) mass is 252 g/mol. The van der Waals surface area contributed by atoms with Gasteiger partial charge in [-0.3, -0.25) is 0 Å². The van der Waals surface area contributed by atoms with Gasteiger partial charge in [0, 0.05) is 25.4 Å². The highest BCUT2D eigenvalue weighted by molar-refractivity contribution is 5.61. The zero-order valence-corrected chi connectivity index (χ0v) is 11.7. The van der Waals surface area contributed by atoms with Gasteiger partial charge in [0.2, 0.25) is 0 Å². The van der Waals surface area contributed by atoms with Crippen LogP contribution >= 0.6 is 0 Å². The Balaban J connectivity index is 2.61. The van der Waals surface area contributed by atoms with Gasteiger partial charge in [-0.05, 0) is 31.9 Å². The van der Waals surface area contributed by atoms with Crippen molar-refractivity contribution in [1.29, 1.82) is 0 Å². The molecular formula is C14H24N2O2. The third kappa shape index (κ3) is 4.84. The zero-order valence-electron chi connectivity index (χ0n) is 11.7. The molecule has 0 fully saturated rings. The third-order valence-electron chi connectivity index (χ3n) is 2.48. The van der Waals surface area contributed by atoms with E-state index in [1.807, 2.05) is 32.0 Å². The maximum absolute atomic E-state index is 5.87. The molecule has 0 aliphatic carbocycles. The van der Waals surface area contributed by atoms with E-state index in [1.165, 1.54) is 0 Å². The largest absolute Gasteiger partial charge is 0.489 e. The topological polar surface area (TPSA) is 56.5 Å². The predicted molar refractivity (Wildman–Crippen MR) is 76.1 cm³/mol. The molecule has 0 aliphatic heterocycles. The highest BCUT2D eigenvalue weighted by Gasteiger charge is 2.06. The number of nitrogen functional groups attached to an aromatic ring is 1. The van der Waals surface area contributed by atoms with Crippen molar-refractivity contribution in [3.05, 3.63) is 18.2 Å². The van der Waals surface area contributed by atoms with E-state index < -0.39 is 0 Å². The van der Waals surface area contributed by atoms with Crippen LogP contribution in [0.3, 0.4) is 0 Å². The SMILES string of the molecule is COCC(C)CNc1ccc(N)c(OC(C)C)c1. The normalized spacial score (nSPS) is 12.5. The number of hydrogen-bond donors (Lipinski definition) is 2. The van der Waals surface area contributed by atoms with Gasteiger partial charge >= 0.3 is 0 Å². The fourth-order valence-electron chi connectivity index (χ4n) is 1.64. The van der Waals surface area contributed by atoms with Crippen molar-refractivity contribution in [1.82, 2.24) is 0 Å². The molecule has 18 heavy (non-hydrogen) atoms. The molecule has 102 valence electrons. The van der Waals surface area contributed by atoms with Crippen LogP contribution in [0.5, 0.6) is 5.75 Å². The van der Waals surface area contributed by atoms with Crippen LogP contribution in [0, 0.1) is 5.92 Å². The molecule has 0 saturated heterocycles. The first-order valence-electron chi connectivity index (χ1n) is 6.32. The van der Waals surface area contributed by atoms with Crippen LogP contribution in [-0.2, 0) is 4.74 Å². The molecule has 0 bridgehead atoms. The molecule has 0 aromatic heterocycles. The molecule has 1 aromatic rings. The van der Waals surface area contributed by atoms with Crippen LogP contribution in [0.25, 0.3) is 0 Å². The average Bonchev–Trinajstić information content (AvgIpc) is 2.30. The molecular weight excluding hydrogens is 228 g/mol. The molecule has 1 unspecified atom stereocenters. The Hall–Kier alpha value is -1.42. The molecule has 0 radical (unpaired) electrons. The smallest absolute Gasteiger partial charge is 0.144 e. The fourth-order valence-corrected chi connectivity index (χ4v) is 1.64. The summed E-state index contributed by atoms with van der Waals surface area (Å²) in [7, 11) is 1.72. The van der Waals surface area contributed by atoms with Gasteiger partial charge < -0.3 is 20.5 Å². The summed E-state index contributed by atoms with van der Waals surface area (Å²) in [4.78, 5) is 0. The fraction of sp³-hybridized carbons (Fsp3) is 0.571. The summed E-state index contributed by atoms with van der Waals surface area (Å²) < 4.78 is 10.8. The van der Waals surface area contributed by atoms with Gasteiger partial charge in [0.25, 0.3) is 0 Å². The van der Waals surface area contributed by atoms with Crippen molar-refractivity contribution in [3.8, 4) is 5.75 Å². The summed E-state index contributed by atoms with van der Waals surface area (Å²) in [6, 6.07) is 5.76. The molecule has 0 saturated carbocycles. The van der Waals surface area contributed by atoms with Gasteiger partial charge in [0.15, 0.2) is 0 Å². The van der Waals surface area contributed by atoms with Crippen molar-refractivity contribution < 1.29 is 9.47 Å². The molecule has 1 rings (SSSR count). The molecule has 3 N–H and O–H groups in total. The number of ether oxygens (including phenoxy) is 2. The molecule has 0 heterocycles. The lowest BCUT2D eigenvalue weighted by atomic mass is 10.2. The van der Waals surface area contributed by atoms with Crippen molar-refractivity contribution in [3.63, 3.8) is 0 Å². The van der Waals surface area contributed by atoms with Gasteiger partial charge in [-0.1, -0.05) is 6.92 Å². The van der Waals surface area contributed by atoms with Crippen LogP contribution < -0.4 is 15.8 Å². The highest BCUT2D eigenvalue weighted by Crippen LogP contribution is 2.26. The second-order valence-electron chi connectivity index (χ2n) is 4.86.